The van der Waals surface area contributed by atoms with E-state index in [1.807, 2.05) is 0 Å². The molecule has 0 saturated carbocycles. The van der Waals surface area contributed by atoms with Crippen molar-refractivity contribution in [2.75, 3.05) is 0 Å². The van der Waals surface area contributed by atoms with Crippen molar-refractivity contribution < 1.29 is 18.1 Å². The van der Waals surface area contributed by atoms with Crippen LogP contribution in [0.1, 0.15) is 11.1 Å². The lowest BCUT2D eigenvalue weighted by Gasteiger charge is -2.06. The van der Waals surface area contributed by atoms with Gasteiger partial charge >= 0.3 is 5.69 Å². The Kier molecular flexibility index (Phi) is 3.49. The molecule has 0 aliphatic carbocycles. The highest BCUT2D eigenvalue weighted by Crippen LogP contribution is 2.31. The van der Waals surface area contributed by atoms with Gasteiger partial charge in [0.05, 0.1) is 4.92 Å². The molecule has 0 spiro atoms. The number of benzene rings is 1. The van der Waals surface area contributed by atoms with Crippen LogP contribution in [0.4, 0.5) is 18.9 Å². The number of nitrogens with zero attached hydrogens (tertiary/aromatic N) is 1. The van der Waals surface area contributed by atoms with Crippen LogP contribution in [0, 0.1) is 34.5 Å². The third-order valence-electron chi connectivity index (χ3n) is 1.89. The first-order chi connectivity index (χ1) is 7.29. The smallest absolute Gasteiger partial charge is 0.258 e. The van der Waals surface area contributed by atoms with Crippen LogP contribution in [0.25, 0.3) is 0 Å². The second-order valence-electron chi connectivity index (χ2n) is 2.82. The fourth-order valence-corrected chi connectivity index (χ4v) is 1.48. The maximum absolute atomic E-state index is 13.4. The fourth-order valence-electron chi connectivity index (χ4n) is 1.12. The van der Waals surface area contributed by atoms with Gasteiger partial charge in [-0.05, 0) is 6.92 Å². The summed E-state index contributed by atoms with van der Waals surface area (Å²) in [5.41, 5.74) is -3.00. The van der Waals surface area contributed by atoms with Gasteiger partial charge < -0.3 is 0 Å². The molecule has 0 bridgehead atoms. The Hall–Kier alpha value is -1.21. The highest BCUT2D eigenvalue weighted by Gasteiger charge is 2.32. The second-order valence-corrected chi connectivity index (χ2v) is 3.83. The van der Waals surface area contributed by atoms with Crippen LogP contribution < -0.4 is 0 Å². The number of halogens is 4. The second kappa shape index (κ2) is 4.34. The normalized spacial score (nSPS) is 10.3. The monoisotopic (exact) mass is 269 g/mol. The maximum atomic E-state index is 13.4. The molecular weight excluding hydrogens is 267 g/mol. The van der Waals surface area contributed by atoms with Crippen LogP contribution in [0.15, 0.2) is 0 Å². The van der Waals surface area contributed by atoms with E-state index in [0.29, 0.717) is 0 Å². The summed E-state index contributed by atoms with van der Waals surface area (Å²) in [4.78, 5) is 9.20. The molecule has 0 fully saturated rings. The van der Waals surface area contributed by atoms with E-state index in [9.17, 15) is 23.3 Å². The van der Waals surface area contributed by atoms with Crippen LogP contribution in [0.2, 0.25) is 0 Å². The molecule has 1 rings (SSSR count). The highest BCUT2D eigenvalue weighted by molar-refractivity contribution is 7.83. The van der Waals surface area contributed by atoms with Crippen molar-refractivity contribution >= 4 is 33.8 Å². The lowest BCUT2D eigenvalue weighted by atomic mass is 10.1. The van der Waals surface area contributed by atoms with Crippen LogP contribution >= 0.6 is 23.8 Å². The topological polar surface area (TPSA) is 43.1 Å². The molecule has 0 aromatic heterocycles. The first-order valence-corrected chi connectivity index (χ1v) is 4.59. The van der Waals surface area contributed by atoms with Crippen LogP contribution in [-0.4, -0.2) is 9.25 Å². The quantitative estimate of drug-likeness (QED) is 0.272. The minimum absolute atomic E-state index is 0.707. The van der Waals surface area contributed by atoms with Crippen LogP contribution in [-0.2, 0) is 0 Å². The van der Waals surface area contributed by atoms with Crippen molar-refractivity contribution in [3.05, 3.63) is 38.7 Å². The van der Waals surface area contributed by atoms with Crippen molar-refractivity contribution in [1.29, 1.82) is 0 Å². The van der Waals surface area contributed by atoms with E-state index >= 15 is 0 Å². The summed E-state index contributed by atoms with van der Waals surface area (Å²) in [6, 6.07) is 0. The van der Waals surface area contributed by atoms with Gasteiger partial charge in [-0.3, -0.25) is 10.1 Å². The molecule has 0 aliphatic heterocycles. The first-order valence-electron chi connectivity index (χ1n) is 3.80. The molecule has 0 unspecified atom stereocenters. The average Bonchev–Trinajstić information content (AvgIpc) is 2.18. The molecule has 1 aromatic carbocycles. The minimum Gasteiger partial charge on any atom is -0.258 e. The molecule has 86 valence electrons. The number of hydrogen-bond donors (Lipinski definition) is 0. The summed E-state index contributed by atoms with van der Waals surface area (Å²) >= 11 is 9.60. The van der Waals surface area contributed by atoms with Gasteiger partial charge in [0.1, 0.15) is 15.7 Å². The molecule has 0 radical (unpaired) electrons. The maximum Gasteiger partial charge on any atom is 0.320 e. The van der Waals surface area contributed by atoms with E-state index < -0.39 is 43.5 Å². The SMILES string of the molecule is Cc1c(F)c(F)c([N+](=O)[O-])c(C(=S)Cl)c1F. The summed E-state index contributed by atoms with van der Waals surface area (Å²) in [5, 5.41) is 10.5. The van der Waals surface area contributed by atoms with Gasteiger partial charge in [-0.25, -0.2) is 8.78 Å². The largest absolute Gasteiger partial charge is 0.320 e. The van der Waals surface area contributed by atoms with Gasteiger partial charge in [0.15, 0.2) is 5.82 Å². The summed E-state index contributed by atoms with van der Waals surface area (Å²) in [7, 11) is 0. The van der Waals surface area contributed by atoms with Crippen molar-refractivity contribution in [2.24, 2.45) is 0 Å². The van der Waals surface area contributed by atoms with E-state index in [1.165, 1.54) is 0 Å². The van der Waals surface area contributed by atoms with Gasteiger partial charge in [0.25, 0.3) is 0 Å². The van der Waals surface area contributed by atoms with Crippen molar-refractivity contribution in [2.45, 2.75) is 6.92 Å². The summed E-state index contributed by atoms with van der Waals surface area (Å²) in [6.45, 7) is 0.927. The third kappa shape index (κ3) is 1.88. The molecule has 3 nitrogen and oxygen atoms in total. The Balaban J connectivity index is 3.83. The molecule has 8 heteroatoms. The average molecular weight is 270 g/mol. The number of nitro benzene ring substituents is 1. The zero-order valence-corrected chi connectivity index (χ0v) is 9.26. The molecule has 16 heavy (non-hydrogen) atoms. The fraction of sp³-hybridized carbons (Fsp3) is 0.125. The number of rotatable bonds is 2. The van der Waals surface area contributed by atoms with Crippen LogP contribution in [0.3, 0.4) is 0 Å². The number of hydrogen-bond acceptors (Lipinski definition) is 3. The van der Waals surface area contributed by atoms with Crippen molar-refractivity contribution in [1.82, 2.24) is 0 Å². The van der Waals surface area contributed by atoms with Crippen molar-refractivity contribution in [3.63, 3.8) is 0 Å². The Morgan fingerprint density at radius 2 is 1.81 bits per heavy atom. The molecule has 1 aromatic rings. The molecule has 0 heterocycles. The zero-order valence-electron chi connectivity index (χ0n) is 7.68. The molecular formula is C8H3ClF3NO2S. The van der Waals surface area contributed by atoms with Gasteiger partial charge in [0, 0.05) is 5.56 Å². The van der Waals surface area contributed by atoms with Gasteiger partial charge in [0.2, 0.25) is 5.82 Å². The Morgan fingerprint density at radius 3 is 2.19 bits per heavy atom. The number of thiocarbonyl (C=S) groups is 1. The van der Waals surface area contributed by atoms with Crippen molar-refractivity contribution in [3.8, 4) is 0 Å². The van der Waals surface area contributed by atoms with E-state index in [4.69, 9.17) is 11.6 Å². The van der Waals surface area contributed by atoms with Gasteiger partial charge in [-0.1, -0.05) is 23.8 Å². The van der Waals surface area contributed by atoms with E-state index in [2.05, 4.69) is 12.2 Å². The van der Waals surface area contributed by atoms with Gasteiger partial charge in [-0.2, -0.15) is 4.39 Å². The highest BCUT2D eigenvalue weighted by atomic mass is 35.5. The van der Waals surface area contributed by atoms with Crippen LogP contribution in [0.5, 0.6) is 0 Å². The Labute approximate surface area is 98.0 Å². The summed E-state index contributed by atoms with van der Waals surface area (Å²) in [6.07, 6.45) is 0. The minimum atomic E-state index is -1.78. The summed E-state index contributed by atoms with van der Waals surface area (Å²) in [5.74, 6) is -4.73. The Morgan fingerprint density at radius 1 is 1.31 bits per heavy atom. The van der Waals surface area contributed by atoms with E-state index in [0.717, 1.165) is 6.92 Å². The molecule has 0 aliphatic rings. The zero-order chi connectivity index (χ0) is 12.6. The predicted molar refractivity (Wildman–Crippen MR) is 55.3 cm³/mol. The molecule has 0 saturated heterocycles. The van der Waals surface area contributed by atoms with Gasteiger partial charge in [-0.15, -0.1) is 0 Å². The van der Waals surface area contributed by atoms with E-state index in [-0.39, 0.29) is 0 Å². The Bertz CT molecular complexity index is 462. The van der Waals surface area contributed by atoms with E-state index in [1.54, 1.807) is 0 Å². The third-order valence-corrected chi connectivity index (χ3v) is 2.29. The summed E-state index contributed by atoms with van der Waals surface area (Å²) < 4.78 is 39.0. The standard InChI is InChI=1S/C8H3ClF3NO2S/c1-2-4(10)3(8(9)16)7(13(14)15)6(12)5(2)11/h1H3. The lowest BCUT2D eigenvalue weighted by Crippen LogP contribution is -2.09. The molecule has 0 amide bonds. The first kappa shape index (κ1) is 12.9. The number of nitro groups is 1. The molecule has 0 atom stereocenters. The molecule has 0 N–H and O–H groups in total. The predicted octanol–water partition coefficient (Wildman–Crippen LogP) is 3.23. The lowest BCUT2D eigenvalue weighted by molar-refractivity contribution is -0.388.